The number of rotatable bonds is 4. The van der Waals surface area contributed by atoms with E-state index in [1.165, 1.54) is 11.1 Å². The number of carbonyl (C=O) groups is 1. The van der Waals surface area contributed by atoms with E-state index in [1.54, 1.807) is 0 Å². The Morgan fingerprint density at radius 3 is 2.67 bits per heavy atom. The van der Waals surface area contributed by atoms with Gasteiger partial charge in [0.25, 0.3) is 0 Å². The summed E-state index contributed by atoms with van der Waals surface area (Å²) in [5.41, 5.74) is 5.93. The number of fused-ring (bicyclic) bond motifs is 1. The summed E-state index contributed by atoms with van der Waals surface area (Å²) >= 11 is 0. The van der Waals surface area contributed by atoms with Crippen molar-refractivity contribution in [3.05, 3.63) is 53.1 Å². The van der Waals surface area contributed by atoms with Crippen molar-refractivity contribution in [3.8, 4) is 11.8 Å². The largest absolute Gasteiger partial charge is 0.379 e. The van der Waals surface area contributed by atoms with Gasteiger partial charge in [0.05, 0.1) is 41.0 Å². The molecule has 1 amide bonds. The minimum Gasteiger partial charge on any atom is -0.379 e. The predicted octanol–water partition coefficient (Wildman–Crippen LogP) is 3.64. The van der Waals surface area contributed by atoms with Gasteiger partial charge in [-0.15, -0.1) is 0 Å². The van der Waals surface area contributed by atoms with Gasteiger partial charge in [0.2, 0.25) is 11.9 Å². The van der Waals surface area contributed by atoms with Gasteiger partial charge in [-0.2, -0.15) is 5.26 Å². The molecule has 1 aromatic heterocycles. The highest BCUT2D eigenvalue weighted by Gasteiger charge is 2.30. The first-order valence-corrected chi connectivity index (χ1v) is 11.7. The number of ether oxygens (including phenoxy) is 1. The van der Waals surface area contributed by atoms with Crippen molar-refractivity contribution in [2.75, 3.05) is 31.2 Å². The van der Waals surface area contributed by atoms with Crippen molar-refractivity contribution >= 4 is 22.9 Å². The monoisotopic (exact) mass is 443 g/mol. The maximum Gasteiger partial charge on any atom is 0.223 e. The van der Waals surface area contributed by atoms with E-state index in [2.05, 4.69) is 46.8 Å². The summed E-state index contributed by atoms with van der Waals surface area (Å²) < 4.78 is 7.54. The van der Waals surface area contributed by atoms with Crippen LogP contribution in [-0.4, -0.2) is 47.8 Å². The van der Waals surface area contributed by atoms with E-state index in [4.69, 9.17) is 9.72 Å². The smallest absolute Gasteiger partial charge is 0.223 e. The van der Waals surface area contributed by atoms with Crippen LogP contribution in [0.5, 0.6) is 0 Å². The van der Waals surface area contributed by atoms with E-state index in [0.29, 0.717) is 12.2 Å². The molecule has 0 saturated carbocycles. The van der Waals surface area contributed by atoms with Crippen molar-refractivity contribution in [3.63, 3.8) is 0 Å². The summed E-state index contributed by atoms with van der Waals surface area (Å²) in [5.74, 6) is 1.03. The van der Waals surface area contributed by atoms with Gasteiger partial charge < -0.3 is 15.0 Å². The van der Waals surface area contributed by atoms with Crippen LogP contribution in [0, 0.1) is 31.1 Å². The number of carbonyl (C=O) groups excluding carboxylic acids is 1. The van der Waals surface area contributed by atoms with E-state index in [1.807, 2.05) is 24.3 Å². The average Bonchev–Trinajstić information content (AvgIpc) is 3.47. The zero-order valence-electron chi connectivity index (χ0n) is 19.2. The van der Waals surface area contributed by atoms with E-state index in [-0.39, 0.29) is 17.9 Å². The number of nitriles is 1. The molecular weight excluding hydrogens is 414 g/mol. The second-order valence-corrected chi connectivity index (χ2v) is 9.16. The molecule has 0 aliphatic carbocycles. The summed E-state index contributed by atoms with van der Waals surface area (Å²) in [6.45, 7) is 7.08. The summed E-state index contributed by atoms with van der Waals surface area (Å²) in [6, 6.07) is 14.3. The van der Waals surface area contributed by atoms with Gasteiger partial charge >= 0.3 is 0 Å². The highest BCUT2D eigenvalue weighted by molar-refractivity contribution is 5.83. The number of piperidine rings is 1. The molecule has 2 fully saturated rings. The number of nitrogens with one attached hydrogen (secondary N) is 1. The fraction of sp³-hybridized carbons (Fsp3) is 0.423. The van der Waals surface area contributed by atoms with Crippen LogP contribution in [0.4, 0.5) is 5.95 Å². The van der Waals surface area contributed by atoms with Crippen molar-refractivity contribution in [1.82, 2.24) is 14.9 Å². The second-order valence-electron chi connectivity index (χ2n) is 9.16. The molecule has 33 heavy (non-hydrogen) atoms. The molecule has 0 bridgehead atoms. The Bertz CT molecular complexity index is 1230. The topological polar surface area (TPSA) is 83.2 Å². The molecule has 2 aliphatic rings. The summed E-state index contributed by atoms with van der Waals surface area (Å²) in [5, 5.41) is 12.6. The molecule has 2 aromatic carbocycles. The molecule has 7 nitrogen and oxygen atoms in total. The Kier molecular flexibility index (Phi) is 5.77. The van der Waals surface area contributed by atoms with Gasteiger partial charge in [-0.3, -0.25) is 9.36 Å². The number of hydrogen-bond donors (Lipinski definition) is 1. The summed E-state index contributed by atoms with van der Waals surface area (Å²) in [7, 11) is 0. The molecule has 1 unspecified atom stereocenters. The van der Waals surface area contributed by atoms with Crippen LogP contribution >= 0.6 is 0 Å². The number of imidazole rings is 1. The molecule has 0 spiro atoms. The molecule has 3 aromatic rings. The zero-order chi connectivity index (χ0) is 22.9. The molecule has 2 saturated heterocycles. The Morgan fingerprint density at radius 2 is 1.94 bits per heavy atom. The van der Waals surface area contributed by atoms with Crippen LogP contribution in [0.3, 0.4) is 0 Å². The van der Waals surface area contributed by atoms with Crippen LogP contribution in [0.25, 0.3) is 16.7 Å². The Hall–Kier alpha value is -3.37. The Balaban J connectivity index is 1.44. The Labute approximate surface area is 194 Å². The standard InChI is InChI=1S/C26H29N5O2/c1-17-12-23-24(13-18(17)2)31(22-5-3-4-19(14-22)15-27)26(29-23)30-9-6-20(7-10-30)25(32)28-21-8-11-33-16-21/h3-5,12-14,20-21H,6-11,16H2,1-2H3,(H,28,32). The van der Waals surface area contributed by atoms with Gasteiger partial charge in [-0.05, 0) is 74.6 Å². The predicted molar refractivity (Wildman–Crippen MR) is 128 cm³/mol. The van der Waals surface area contributed by atoms with E-state index in [0.717, 1.165) is 61.6 Å². The number of benzene rings is 2. The molecule has 0 radical (unpaired) electrons. The maximum atomic E-state index is 12.7. The van der Waals surface area contributed by atoms with Gasteiger partial charge in [0.1, 0.15) is 0 Å². The number of aryl methyl sites for hydroxylation is 2. The Morgan fingerprint density at radius 1 is 1.15 bits per heavy atom. The lowest BCUT2D eigenvalue weighted by molar-refractivity contribution is -0.126. The van der Waals surface area contributed by atoms with Crippen LogP contribution in [0.15, 0.2) is 36.4 Å². The summed E-state index contributed by atoms with van der Waals surface area (Å²) in [6.07, 6.45) is 2.48. The fourth-order valence-electron chi connectivity index (χ4n) is 4.81. The third kappa shape index (κ3) is 4.19. The van der Waals surface area contributed by atoms with Crippen molar-refractivity contribution < 1.29 is 9.53 Å². The SMILES string of the molecule is Cc1cc2nc(N3CCC(C(=O)NC4CCOC4)CC3)n(-c3cccc(C#N)c3)c2cc1C. The lowest BCUT2D eigenvalue weighted by Crippen LogP contribution is -2.44. The minimum atomic E-state index is 0.0195. The van der Waals surface area contributed by atoms with Gasteiger partial charge in [0, 0.05) is 25.6 Å². The van der Waals surface area contributed by atoms with Crippen LogP contribution in [0.1, 0.15) is 36.0 Å². The van der Waals surface area contributed by atoms with Crippen LogP contribution < -0.4 is 10.2 Å². The van der Waals surface area contributed by atoms with Crippen molar-refractivity contribution in [2.45, 2.75) is 39.2 Å². The molecule has 3 heterocycles. The number of nitrogens with zero attached hydrogens (tertiary/aromatic N) is 4. The third-order valence-electron chi connectivity index (χ3n) is 6.91. The van der Waals surface area contributed by atoms with Gasteiger partial charge in [0.15, 0.2) is 0 Å². The number of amides is 1. The normalized spacial score (nSPS) is 19.1. The highest BCUT2D eigenvalue weighted by Crippen LogP contribution is 2.32. The molecule has 5 rings (SSSR count). The first-order valence-electron chi connectivity index (χ1n) is 11.7. The average molecular weight is 444 g/mol. The molecular formula is C26H29N5O2. The van der Waals surface area contributed by atoms with Crippen molar-refractivity contribution in [2.24, 2.45) is 5.92 Å². The molecule has 2 aliphatic heterocycles. The third-order valence-corrected chi connectivity index (χ3v) is 6.91. The zero-order valence-corrected chi connectivity index (χ0v) is 19.2. The minimum absolute atomic E-state index is 0.0195. The fourth-order valence-corrected chi connectivity index (χ4v) is 4.81. The highest BCUT2D eigenvalue weighted by atomic mass is 16.5. The quantitative estimate of drug-likeness (QED) is 0.666. The van der Waals surface area contributed by atoms with Gasteiger partial charge in [-0.25, -0.2) is 4.98 Å². The molecule has 170 valence electrons. The number of hydrogen-bond acceptors (Lipinski definition) is 5. The molecule has 1 atom stereocenters. The van der Waals surface area contributed by atoms with Crippen LogP contribution in [-0.2, 0) is 9.53 Å². The maximum absolute atomic E-state index is 12.7. The van der Waals surface area contributed by atoms with E-state index in [9.17, 15) is 10.1 Å². The van der Waals surface area contributed by atoms with Gasteiger partial charge in [-0.1, -0.05) is 6.07 Å². The van der Waals surface area contributed by atoms with E-state index >= 15 is 0 Å². The van der Waals surface area contributed by atoms with Crippen molar-refractivity contribution in [1.29, 1.82) is 5.26 Å². The lowest BCUT2D eigenvalue weighted by atomic mass is 9.95. The lowest BCUT2D eigenvalue weighted by Gasteiger charge is -2.32. The molecule has 1 N–H and O–H groups in total. The summed E-state index contributed by atoms with van der Waals surface area (Å²) in [4.78, 5) is 20.0. The number of anilines is 1. The first kappa shape index (κ1) is 21.5. The second kappa shape index (κ2) is 8.87. The molecule has 7 heteroatoms. The van der Waals surface area contributed by atoms with Crippen LogP contribution in [0.2, 0.25) is 0 Å². The van der Waals surface area contributed by atoms with E-state index < -0.39 is 0 Å². The first-order chi connectivity index (χ1) is 16.0. The number of aromatic nitrogens is 2.